The van der Waals surface area contributed by atoms with Gasteiger partial charge in [-0.3, -0.25) is 4.90 Å². The Kier molecular flexibility index (Phi) is 4.62. The summed E-state index contributed by atoms with van der Waals surface area (Å²) in [6.45, 7) is 5.86. The molecule has 2 aliphatic rings. The molecule has 0 aliphatic carbocycles. The fourth-order valence-electron chi connectivity index (χ4n) is 4.24. The van der Waals surface area contributed by atoms with Gasteiger partial charge in [-0.1, -0.05) is 12.8 Å². The van der Waals surface area contributed by atoms with Crippen molar-refractivity contribution in [1.29, 1.82) is 0 Å². The van der Waals surface area contributed by atoms with E-state index in [0.717, 1.165) is 25.3 Å². The molecule has 0 aromatic carbocycles. The van der Waals surface area contributed by atoms with Crippen molar-refractivity contribution in [3.8, 4) is 0 Å². The summed E-state index contributed by atoms with van der Waals surface area (Å²) in [6, 6.07) is 4.32. The average molecular weight is 312 g/mol. The highest BCUT2D eigenvalue weighted by Gasteiger charge is 2.23. The summed E-state index contributed by atoms with van der Waals surface area (Å²) in [7, 11) is 0. The normalized spacial score (nSPS) is 21.6. The van der Waals surface area contributed by atoms with Crippen LogP contribution < -0.4 is 5.32 Å². The molecule has 0 spiro atoms. The summed E-state index contributed by atoms with van der Waals surface area (Å²) in [5.41, 5.74) is 4.05. The second-order valence-corrected chi connectivity index (χ2v) is 7.13. The zero-order chi connectivity index (χ0) is 15.5. The number of nitrogens with zero attached hydrogens (tertiary/aromatic N) is 2. The van der Waals surface area contributed by atoms with Crippen LogP contribution in [-0.4, -0.2) is 41.0 Å². The molecule has 4 nitrogen and oxygen atoms in total. The lowest BCUT2D eigenvalue weighted by Crippen LogP contribution is -2.28. The monoisotopic (exact) mass is 312 g/mol. The summed E-state index contributed by atoms with van der Waals surface area (Å²) in [6.07, 6.45) is 9.87. The molecule has 0 amide bonds. The van der Waals surface area contributed by atoms with Crippen molar-refractivity contribution in [2.24, 2.45) is 0 Å². The molecule has 0 radical (unpaired) electrons. The first-order valence-electron chi connectivity index (χ1n) is 9.30. The van der Waals surface area contributed by atoms with Crippen LogP contribution in [0, 0.1) is 0 Å². The molecule has 2 aromatic heterocycles. The van der Waals surface area contributed by atoms with Crippen LogP contribution in [0.2, 0.25) is 0 Å². The largest absolute Gasteiger partial charge is 0.343 e. The predicted octanol–water partition coefficient (Wildman–Crippen LogP) is 3.41. The van der Waals surface area contributed by atoms with Crippen molar-refractivity contribution in [3.63, 3.8) is 0 Å². The van der Waals surface area contributed by atoms with Gasteiger partial charge in [0.2, 0.25) is 0 Å². The summed E-state index contributed by atoms with van der Waals surface area (Å²) < 4.78 is 0. The molecule has 2 aliphatic heterocycles. The number of pyridine rings is 1. The summed E-state index contributed by atoms with van der Waals surface area (Å²) in [4.78, 5) is 10.9. The van der Waals surface area contributed by atoms with Crippen molar-refractivity contribution in [3.05, 3.63) is 29.6 Å². The van der Waals surface area contributed by atoms with Crippen LogP contribution in [0.25, 0.3) is 11.0 Å². The summed E-state index contributed by atoms with van der Waals surface area (Å²) in [5, 5.41) is 4.83. The van der Waals surface area contributed by atoms with Crippen molar-refractivity contribution >= 4 is 11.0 Å². The molecule has 4 heteroatoms. The number of piperidine rings is 1. The number of nitrogens with one attached hydrogen (secondary N) is 2. The second kappa shape index (κ2) is 7.02. The van der Waals surface area contributed by atoms with Crippen molar-refractivity contribution in [2.45, 2.75) is 51.0 Å². The van der Waals surface area contributed by atoms with Crippen LogP contribution in [-0.2, 0) is 6.54 Å². The minimum Gasteiger partial charge on any atom is -0.343 e. The summed E-state index contributed by atoms with van der Waals surface area (Å²) >= 11 is 0. The van der Waals surface area contributed by atoms with E-state index in [1.165, 1.54) is 68.3 Å². The third-order valence-electron chi connectivity index (χ3n) is 5.54. The first-order chi connectivity index (χ1) is 11.4. The molecule has 0 saturated carbocycles. The highest BCUT2D eigenvalue weighted by atomic mass is 15.1. The predicted molar refractivity (Wildman–Crippen MR) is 94.7 cm³/mol. The van der Waals surface area contributed by atoms with E-state index in [-0.39, 0.29) is 0 Å². The Morgan fingerprint density at radius 1 is 1.09 bits per heavy atom. The van der Waals surface area contributed by atoms with E-state index in [2.05, 4.69) is 32.3 Å². The third-order valence-corrected chi connectivity index (χ3v) is 5.54. The van der Waals surface area contributed by atoms with Crippen LogP contribution in [0.15, 0.2) is 18.3 Å². The number of rotatable bonds is 3. The SMILES string of the molecule is c1cnc2[nH]c(C3CCNCC3)c(CN3CCCCCC3)c2c1. The second-order valence-electron chi connectivity index (χ2n) is 7.13. The van der Waals surface area contributed by atoms with Gasteiger partial charge in [0.1, 0.15) is 5.65 Å². The Morgan fingerprint density at radius 2 is 1.87 bits per heavy atom. The average Bonchev–Trinajstić information content (AvgIpc) is 2.78. The molecule has 0 unspecified atom stereocenters. The van der Waals surface area contributed by atoms with Gasteiger partial charge in [-0.15, -0.1) is 0 Å². The third kappa shape index (κ3) is 3.29. The van der Waals surface area contributed by atoms with Crippen LogP contribution in [0.1, 0.15) is 55.7 Å². The maximum absolute atomic E-state index is 4.58. The molecule has 0 atom stereocenters. The molecule has 2 aromatic rings. The Morgan fingerprint density at radius 3 is 2.65 bits per heavy atom. The zero-order valence-corrected chi connectivity index (χ0v) is 14.0. The molecule has 2 saturated heterocycles. The molecule has 23 heavy (non-hydrogen) atoms. The fourth-order valence-corrected chi connectivity index (χ4v) is 4.24. The highest BCUT2D eigenvalue weighted by molar-refractivity contribution is 5.81. The van der Waals surface area contributed by atoms with Crippen molar-refractivity contribution in [1.82, 2.24) is 20.2 Å². The Labute approximate surface area is 138 Å². The number of fused-ring (bicyclic) bond motifs is 1. The van der Waals surface area contributed by atoms with Crippen molar-refractivity contribution in [2.75, 3.05) is 26.2 Å². The number of likely N-dealkylation sites (tertiary alicyclic amines) is 1. The molecule has 4 rings (SSSR count). The van der Waals surface area contributed by atoms with Crippen LogP contribution in [0.5, 0.6) is 0 Å². The van der Waals surface area contributed by atoms with Gasteiger partial charge in [0, 0.05) is 29.7 Å². The van der Waals surface area contributed by atoms with E-state index >= 15 is 0 Å². The van der Waals surface area contributed by atoms with E-state index < -0.39 is 0 Å². The summed E-state index contributed by atoms with van der Waals surface area (Å²) in [5.74, 6) is 0.660. The molecule has 124 valence electrons. The van der Waals surface area contributed by atoms with Gasteiger partial charge in [-0.2, -0.15) is 0 Å². The van der Waals surface area contributed by atoms with Gasteiger partial charge in [-0.05, 0) is 69.6 Å². The van der Waals surface area contributed by atoms with E-state index in [1.807, 2.05) is 6.20 Å². The van der Waals surface area contributed by atoms with Gasteiger partial charge in [0.05, 0.1) is 0 Å². The van der Waals surface area contributed by atoms with Crippen LogP contribution >= 0.6 is 0 Å². The standard InChI is InChI=1S/C19H28N4/c1-2-4-13-23(12-3-1)14-17-16-6-5-9-21-19(16)22-18(17)15-7-10-20-11-8-15/h5-6,9,15,20H,1-4,7-8,10-14H2,(H,21,22). The first kappa shape index (κ1) is 15.2. The lowest BCUT2D eigenvalue weighted by atomic mass is 9.91. The van der Waals surface area contributed by atoms with Gasteiger partial charge in [0.25, 0.3) is 0 Å². The van der Waals surface area contributed by atoms with Gasteiger partial charge in [0.15, 0.2) is 0 Å². The Balaban J connectivity index is 1.67. The molecule has 2 fully saturated rings. The minimum atomic E-state index is 0.660. The van der Waals surface area contributed by atoms with E-state index in [0.29, 0.717) is 5.92 Å². The fraction of sp³-hybridized carbons (Fsp3) is 0.632. The Bertz CT molecular complexity index is 634. The van der Waals surface area contributed by atoms with Crippen LogP contribution in [0.3, 0.4) is 0 Å². The highest BCUT2D eigenvalue weighted by Crippen LogP contribution is 2.33. The number of aromatic amines is 1. The smallest absolute Gasteiger partial charge is 0.137 e. The minimum absolute atomic E-state index is 0.660. The maximum Gasteiger partial charge on any atom is 0.137 e. The van der Waals surface area contributed by atoms with Crippen molar-refractivity contribution < 1.29 is 0 Å². The number of aromatic nitrogens is 2. The molecule has 0 bridgehead atoms. The molecular weight excluding hydrogens is 284 g/mol. The zero-order valence-electron chi connectivity index (χ0n) is 14.0. The number of hydrogen-bond donors (Lipinski definition) is 2. The van der Waals surface area contributed by atoms with Gasteiger partial charge < -0.3 is 10.3 Å². The topological polar surface area (TPSA) is 44.0 Å². The quantitative estimate of drug-likeness (QED) is 0.913. The lowest BCUT2D eigenvalue weighted by Gasteiger charge is -2.25. The molecule has 4 heterocycles. The Hall–Kier alpha value is -1.39. The van der Waals surface area contributed by atoms with E-state index in [4.69, 9.17) is 0 Å². The van der Waals surface area contributed by atoms with E-state index in [9.17, 15) is 0 Å². The van der Waals surface area contributed by atoms with E-state index in [1.54, 1.807) is 0 Å². The van der Waals surface area contributed by atoms with Gasteiger partial charge in [-0.25, -0.2) is 4.98 Å². The number of H-pyrrole nitrogens is 1. The molecular formula is C19H28N4. The maximum atomic E-state index is 4.58. The number of hydrogen-bond acceptors (Lipinski definition) is 3. The molecule has 2 N–H and O–H groups in total. The first-order valence-corrected chi connectivity index (χ1v) is 9.30. The lowest BCUT2D eigenvalue weighted by molar-refractivity contribution is 0.276. The van der Waals surface area contributed by atoms with Gasteiger partial charge >= 0.3 is 0 Å². The van der Waals surface area contributed by atoms with Crippen LogP contribution in [0.4, 0.5) is 0 Å².